The van der Waals surface area contributed by atoms with Crippen LogP contribution in [-0.4, -0.2) is 24.6 Å². The quantitative estimate of drug-likeness (QED) is 0.779. The van der Waals surface area contributed by atoms with Crippen LogP contribution in [0.2, 0.25) is 0 Å². The Kier molecular flexibility index (Phi) is 5.16. The highest BCUT2D eigenvalue weighted by Gasteiger charge is 2.25. The standard InChI is InChI=1S/C13H19BrN2O2/c1-13(2,12(18)15-3)8-16-7-9-6-10(14)4-5-11(9)17/h4-6,16-17H,7-8H2,1-3H3,(H,15,18). The average molecular weight is 315 g/mol. The summed E-state index contributed by atoms with van der Waals surface area (Å²) in [6, 6.07) is 5.29. The molecule has 0 bridgehead atoms. The molecule has 1 amide bonds. The summed E-state index contributed by atoms with van der Waals surface area (Å²) in [6.07, 6.45) is 0. The van der Waals surface area contributed by atoms with Crippen LogP contribution < -0.4 is 10.6 Å². The van der Waals surface area contributed by atoms with Crippen molar-refractivity contribution in [3.8, 4) is 5.75 Å². The fourth-order valence-corrected chi connectivity index (χ4v) is 2.03. The molecule has 0 unspecified atom stereocenters. The molecule has 0 aliphatic carbocycles. The summed E-state index contributed by atoms with van der Waals surface area (Å²) in [5, 5.41) is 15.5. The number of hydrogen-bond donors (Lipinski definition) is 3. The number of halogens is 1. The second kappa shape index (κ2) is 6.20. The maximum atomic E-state index is 11.6. The van der Waals surface area contributed by atoms with Gasteiger partial charge in [-0.25, -0.2) is 0 Å². The molecule has 0 radical (unpaired) electrons. The van der Waals surface area contributed by atoms with Crippen molar-refractivity contribution in [3.63, 3.8) is 0 Å². The molecule has 0 aliphatic rings. The van der Waals surface area contributed by atoms with Crippen LogP contribution in [-0.2, 0) is 11.3 Å². The molecule has 1 rings (SSSR count). The van der Waals surface area contributed by atoms with Crippen molar-refractivity contribution < 1.29 is 9.90 Å². The minimum Gasteiger partial charge on any atom is -0.508 e. The van der Waals surface area contributed by atoms with E-state index in [1.54, 1.807) is 19.2 Å². The van der Waals surface area contributed by atoms with Gasteiger partial charge in [0.1, 0.15) is 5.75 Å². The van der Waals surface area contributed by atoms with E-state index in [0.717, 1.165) is 10.0 Å². The van der Waals surface area contributed by atoms with Crippen LogP contribution in [0.4, 0.5) is 0 Å². The number of phenols is 1. The first-order valence-electron chi connectivity index (χ1n) is 5.77. The van der Waals surface area contributed by atoms with Crippen LogP contribution in [0.3, 0.4) is 0 Å². The minimum atomic E-state index is -0.476. The van der Waals surface area contributed by atoms with Crippen molar-refractivity contribution in [1.82, 2.24) is 10.6 Å². The number of benzene rings is 1. The second-order valence-corrected chi connectivity index (χ2v) is 5.76. The molecular formula is C13H19BrN2O2. The van der Waals surface area contributed by atoms with Gasteiger partial charge in [-0.3, -0.25) is 4.79 Å². The first-order chi connectivity index (χ1) is 8.36. The Morgan fingerprint density at radius 3 is 2.72 bits per heavy atom. The van der Waals surface area contributed by atoms with E-state index in [-0.39, 0.29) is 11.7 Å². The van der Waals surface area contributed by atoms with E-state index in [4.69, 9.17) is 0 Å². The number of hydrogen-bond acceptors (Lipinski definition) is 3. The Morgan fingerprint density at radius 2 is 2.11 bits per heavy atom. The Labute approximate surface area is 116 Å². The molecule has 18 heavy (non-hydrogen) atoms. The Bertz CT molecular complexity index is 433. The van der Waals surface area contributed by atoms with E-state index in [1.807, 2.05) is 19.9 Å². The molecule has 0 fully saturated rings. The number of phenolic OH excluding ortho intramolecular Hbond substituents is 1. The highest BCUT2D eigenvalue weighted by atomic mass is 79.9. The van der Waals surface area contributed by atoms with Gasteiger partial charge >= 0.3 is 0 Å². The van der Waals surface area contributed by atoms with Gasteiger partial charge in [0, 0.05) is 30.2 Å². The molecule has 0 saturated heterocycles. The van der Waals surface area contributed by atoms with Crippen LogP contribution in [0.5, 0.6) is 5.75 Å². The summed E-state index contributed by atoms with van der Waals surface area (Å²) in [5.41, 5.74) is 0.327. The number of aromatic hydroxyl groups is 1. The van der Waals surface area contributed by atoms with Gasteiger partial charge in [-0.15, -0.1) is 0 Å². The predicted molar refractivity (Wildman–Crippen MR) is 75.4 cm³/mol. The van der Waals surface area contributed by atoms with Gasteiger partial charge in [-0.05, 0) is 32.0 Å². The van der Waals surface area contributed by atoms with Crippen LogP contribution >= 0.6 is 15.9 Å². The number of carbonyl (C=O) groups excluding carboxylic acids is 1. The summed E-state index contributed by atoms with van der Waals surface area (Å²) in [6.45, 7) is 4.81. The van der Waals surface area contributed by atoms with E-state index < -0.39 is 5.41 Å². The molecule has 0 saturated carbocycles. The summed E-state index contributed by atoms with van der Waals surface area (Å²) < 4.78 is 0.919. The molecule has 0 spiro atoms. The SMILES string of the molecule is CNC(=O)C(C)(C)CNCc1cc(Br)ccc1O. The van der Waals surface area contributed by atoms with Gasteiger partial charge in [0.15, 0.2) is 0 Å². The van der Waals surface area contributed by atoms with Crippen molar-refractivity contribution in [3.05, 3.63) is 28.2 Å². The van der Waals surface area contributed by atoms with E-state index in [0.29, 0.717) is 13.1 Å². The molecular weight excluding hydrogens is 296 g/mol. The maximum Gasteiger partial charge on any atom is 0.226 e. The summed E-state index contributed by atoms with van der Waals surface area (Å²) in [7, 11) is 1.63. The van der Waals surface area contributed by atoms with Crippen LogP contribution in [0.25, 0.3) is 0 Å². The largest absolute Gasteiger partial charge is 0.508 e. The van der Waals surface area contributed by atoms with Crippen molar-refractivity contribution >= 4 is 21.8 Å². The highest BCUT2D eigenvalue weighted by molar-refractivity contribution is 9.10. The van der Waals surface area contributed by atoms with E-state index >= 15 is 0 Å². The summed E-state index contributed by atoms with van der Waals surface area (Å²) >= 11 is 3.36. The van der Waals surface area contributed by atoms with Gasteiger partial charge in [-0.1, -0.05) is 15.9 Å². The molecule has 0 heterocycles. The van der Waals surface area contributed by atoms with Gasteiger partial charge in [0.2, 0.25) is 5.91 Å². The molecule has 3 N–H and O–H groups in total. The van der Waals surface area contributed by atoms with Crippen molar-refractivity contribution in [2.45, 2.75) is 20.4 Å². The molecule has 1 aromatic carbocycles. The molecule has 0 aromatic heterocycles. The maximum absolute atomic E-state index is 11.6. The third-order valence-corrected chi connectivity index (χ3v) is 3.26. The molecule has 5 heteroatoms. The Hall–Kier alpha value is -1.07. The van der Waals surface area contributed by atoms with Gasteiger partial charge < -0.3 is 15.7 Å². The lowest BCUT2D eigenvalue weighted by Gasteiger charge is -2.23. The molecule has 0 aliphatic heterocycles. The van der Waals surface area contributed by atoms with Gasteiger partial charge in [0.05, 0.1) is 5.41 Å². The first-order valence-corrected chi connectivity index (χ1v) is 6.56. The first kappa shape index (κ1) is 15.0. The zero-order chi connectivity index (χ0) is 13.8. The lowest BCUT2D eigenvalue weighted by atomic mass is 9.92. The van der Waals surface area contributed by atoms with Gasteiger partial charge in [-0.2, -0.15) is 0 Å². The van der Waals surface area contributed by atoms with Crippen LogP contribution in [0.15, 0.2) is 22.7 Å². The number of carbonyl (C=O) groups is 1. The monoisotopic (exact) mass is 314 g/mol. The molecule has 100 valence electrons. The average Bonchev–Trinajstić information content (AvgIpc) is 2.32. The van der Waals surface area contributed by atoms with Crippen molar-refractivity contribution in [2.24, 2.45) is 5.41 Å². The van der Waals surface area contributed by atoms with E-state index in [9.17, 15) is 9.90 Å². The van der Waals surface area contributed by atoms with E-state index in [2.05, 4.69) is 26.6 Å². The molecule has 1 aromatic rings. The predicted octanol–water partition coefficient (Wildman–Crippen LogP) is 2.02. The Balaban J connectivity index is 2.56. The van der Waals surface area contributed by atoms with Crippen LogP contribution in [0.1, 0.15) is 19.4 Å². The minimum absolute atomic E-state index is 0.00605. The number of nitrogens with one attached hydrogen (secondary N) is 2. The highest BCUT2D eigenvalue weighted by Crippen LogP contribution is 2.22. The summed E-state index contributed by atoms with van der Waals surface area (Å²) in [5.74, 6) is 0.247. The third-order valence-electron chi connectivity index (χ3n) is 2.77. The fourth-order valence-electron chi connectivity index (χ4n) is 1.62. The normalized spacial score (nSPS) is 11.3. The van der Waals surface area contributed by atoms with E-state index in [1.165, 1.54) is 0 Å². The van der Waals surface area contributed by atoms with Gasteiger partial charge in [0.25, 0.3) is 0 Å². The topological polar surface area (TPSA) is 61.4 Å². The Morgan fingerprint density at radius 1 is 1.44 bits per heavy atom. The van der Waals surface area contributed by atoms with Crippen molar-refractivity contribution in [1.29, 1.82) is 0 Å². The zero-order valence-corrected chi connectivity index (χ0v) is 12.5. The van der Waals surface area contributed by atoms with Crippen molar-refractivity contribution in [2.75, 3.05) is 13.6 Å². The second-order valence-electron chi connectivity index (χ2n) is 4.84. The fraction of sp³-hybridized carbons (Fsp3) is 0.462. The number of amides is 1. The lowest BCUT2D eigenvalue weighted by molar-refractivity contribution is -0.128. The lowest BCUT2D eigenvalue weighted by Crippen LogP contribution is -2.41. The third kappa shape index (κ3) is 3.99. The molecule has 0 atom stereocenters. The number of rotatable bonds is 5. The molecule has 4 nitrogen and oxygen atoms in total. The van der Waals surface area contributed by atoms with Crippen LogP contribution in [0, 0.1) is 5.41 Å². The summed E-state index contributed by atoms with van der Waals surface area (Å²) in [4.78, 5) is 11.6. The smallest absolute Gasteiger partial charge is 0.226 e. The zero-order valence-electron chi connectivity index (χ0n) is 10.9.